The SMILES string of the molecule is CCCOc1c(Cl)cc(C(=O)Nc2ccccc2N)cc1OCC.Cl. The molecule has 0 saturated carbocycles. The van der Waals surface area contributed by atoms with E-state index in [0.29, 0.717) is 46.7 Å². The van der Waals surface area contributed by atoms with Gasteiger partial charge in [-0.3, -0.25) is 4.79 Å². The van der Waals surface area contributed by atoms with Crippen LogP contribution in [0, 0.1) is 0 Å². The summed E-state index contributed by atoms with van der Waals surface area (Å²) >= 11 is 6.27. The molecule has 0 fully saturated rings. The number of hydrogen-bond donors (Lipinski definition) is 2. The Morgan fingerprint density at radius 3 is 2.56 bits per heavy atom. The van der Waals surface area contributed by atoms with Gasteiger partial charge in [0.2, 0.25) is 0 Å². The number of ether oxygens (including phenoxy) is 2. The number of hydrogen-bond acceptors (Lipinski definition) is 4. The van der Waals surface area contributed by atoms with Crippen molar-refractivity contribution in [1.82, 2.24) is 0 Å². The van der Waals surface area contributed by atoms with Crippen LogP contribution in [0.4, 0.5) is 11.4 Å². The number of amides is 1. The molecular weight excluding hydrogens is 363 g/mol. The van der Waals surface area contributed by atoms with Gasteiger partial charge in [-0.2, -0.15) is 0 Å². The fourth-order valence-electron chi connectivity index (χ4n) is 2.11. The van der Waals surface area contributed by atoms with E-state index in [1.165, 1.54) is 0 Å². The standard InChI is InChI=1S/C18H21ClN2O3.ClH/c1-3-9-24-17-13(19)10-12(11-16(17)23-4-2)18(22)21-15-8-6-5-7-14(15)20;/h5-8,10-11H,3-4,9,20H2,1-2H3,(H,21,22);1H. The number of nitrogens with one attached hydrogen (secondary N) is 1. The lowest BCUT2D eigenvalue weighted by molar-refractivity contribution is 0.102. The van der Waals surface area contributed by atoms with Gasteiger partial charge in [0.1, 0.15) is 0 Å². The molecule has 0 aromatic heterocycles. The number of halogens is 2. The fraction of sp³-hybridized carbons (Fsp3) is 0.278. The maximum absolute atomic E-state index is 12.5. The molecule has 0 aliphatic heterocycles. The topological polar surface area (TPSA) is 73.6 Å². The van der Waals surface area contributed by atoms with Gasteiger partial charge < -0.3 is 20.5 Å². The first-order chi connectivity index (χ1) is 11.6. The van der Waals surface area contributed by atoms with Gasteiger partial charge in [0.25, 0.3) is 5.91 Å². The Morgan fingerprint density at radius 1 is 1.20 bits per heavy atom. The molecular formula is C18H22Cl2N2O3. The molecule has 0 bridgehead atoms. The maximum Gasteiger partial charge on any atom is 0.255 e. The minimum absolute atomic E-state index is 0. The van der Waals surface area contributed by atoms with Gasteiger partial charge in [-0.25, -0.2) is 0 Å². The monoisotopic (exact) mass is 384 g/mol. The van der Waals surface area contributed by atoms with Crippen LogP contribution in [-0.4, -0.2) is 19.1 Å². The number of anilines is 2. The highest BCUT2D eigenvalue weighted by Gasteiger charge is 2.17. The number of carbonyl (C=O) groups is 1. The van der Waals surface area contributed by atoms with Gasteiger partial charge in [-0.05, 0) is 37.6 Å². The van der Waals surface area contributed by atoms with E-state index in [2.05, 4.69) is 5.32 Å². The largest absolute Gasteiger partial charge is 0.490 e. The molecule has 2 rings (SSSR count). The van der Waals surface area contributed by atoms with Crippen LogP contribution in [0.3, 0.4) is 0 Å². The van der Waals surface area contributed by atoms with Crippen molar-refractivity contribution in [3.8, 4) is 11.5 Å². The lowest BCUT2D eigenvalue weighted by atomic mass is 10.1. The van der Waals surface area contributed by atoms with E-state index in [-0.39, 0.29) is 18.3 Å². The predicted octanol–water partition coefficient (Wildman–Crippen LogP) is 4.78. The minimum Gasteiger partial charge on any atom is -0.490 e. The fourth-order valence-corrected chi connectivity index (χ4v) is 2.38. The van der Waals surface area contributed by atoms with Crippen molar-refractivity contribution in [3.63, 3.8) is 0 Å². The molecule has 136 valence electrons. The Bertz CT molecular complexity index is 723. The molecule has 7 heteroatoms. The Labute approximate surface area is 158 Å². The van der Waals surface area contributed by atoms with Crippen LogP contribution >= 0.6 is 24.0 Å². The van der Waals surface area contributed by atoms with Gasteiger partial charge in [-0.1, -0.05) is 30.7 Å². The highest BCUT2D eigenvalue weighted by molar-refractivity contribution is 6.32. The molecule has 0 spiro atoms. The quantitative estimate of drug-likeness (QED) is 0.673. The average molecular weight is 385 g/mol. The third kappa shape index (κ3) is 5.44. The van der Waals surface area contributed by atoms with Crippen molar-refractivity contribution in [2.75, 3.05) is 24.3 Å². The van der Waals surface area contributed by atoms with Crippen molar-refractivity contribution in [2.45, 2.75) is 20.3 Å². The Balaban J connectivity index is 0.00000312. The van der Waals surface area contributed by atoms with Crippen LogP contribution in [0.2, 0.25) is 5.02 Å². The smallest absolute Gasteiger partial charge is 0.255 e. The molecule has 0 heterocycles. The molecule has 2 aromatic rings. The Hall–Kier alpha value is -2.11. The zero-order chi connectivity index (χ0) is 17.5. The number of nitrogens with two attached hydrogens (primary N) is 1. The summed E-state index contributed by atoms with van der Waals surface area (Å²) in [6.45, 7) is 4.82. The summed E-state index contributed by atoms with van der Waals surface area (Å²) in [4.78, 5) is 12.5. The molecule has 5 nitrogen and oxygen atoms in total. The van der Waals surface area contributed by atoms with Gasteiger partial charge in [0.15, 0.2) is 11.5 Å². The van der Waals surface area contributed by atoms with E-state index in [9.17, 15) is 4.79 Å². The van der Waals surface area contributed by atoms with E-state index < -0.39 is 0 Å². The van der Waals surface area contributed by atoms with Gasteiger partial charge in [-0.15, -0.1) is 12.4 Å². The highest BCUT2D eigenvalue weighted by Crippen LogP contribution is 2.37. The van der Waals surface area contributed by atoms with Crippen LogP contribution < -0.4 is 20.5 Å². The van der Waals surface area contributed by atoms with Crippen LogP contribution in [0.15, 0.2) is 36.4 Å². The lowest BCUT2D eigenvalue weighted by Gasteiger charge is -2.15. The predicted molar refractivity (Wildman–Crippen MR) is 104 cm³/mol. The first-order valence-corrected chi connectivity index (χ1v) is 8.19. The van der Waals surface area contributed by atoms with E-state index in [4.69, 9.17) is 26.8 Å². The minimum atomic E-state index is -0.321. The summed E-state index contributed by atoms with van der Waals surface area (Å²) in [7, 11) is 0. The molecule has 0 saturated heterocycles. The van der Waals surface area contributed by atoms with Crippen molar-refractivity contribution in [3.05, 3.63) is 47.0 Å². The van der Waals surface area contributed by atoms with E-state index in [1.54, 1.807) is 36.4 Å². The summed E-state index contributed by atoms with van der Waals surface area (Å²) in [6, 6.07) is 10.2. The summed E-state index contributed by atoms with van der Waals surface area (Å²) < 4.78 is 11.2. The van der Waals surface area contributed by atoms with E-state index >= 15 is 0 Å². The molecule has 25 heavy (non-hydrogen) atoms. The van der Waals surface area contributed by atoms with Gasteiger partial charge in [0.05, 0.1) is 29.6 Å². The van der Waals surface area contributed by atoms with Crippen molar-refractivity contribution < 1.29 is 14.3 Å². The molecule has 0 atom stereocenters. The first kappa shape index (κ1) is 20.9. The second kappa shape index (κ2) is 10.0. The normalized spacial score (nSPS) is 9.88. The maximum atomic E-state index is 12.5. The molecule has 1 amide bonds. The molecule has 0 unspecified atom stereocenters. The van der Waals surface area contributed by atoms with Crippen LogP contribution in [0.1, 0.15) is 30.6 Å². The highest BCUT2D eigenvalue weighted by atomic mass is 35.5. The molecule has 0 radical (unpaired) electrons. The summed E-state index contributed by atoms with van der Waals surface area (Å²) in [5.74, 6) is 0.582. The van der Waals surface area contributed by atoms with E-state index in [1.807, 2.05) is 13.8 Å². The number of nitrogen functional groups attached to an aromatic ring is 1. The van der Waals surface area contributed by atoms with Crippen LogP contribution in [0.25, 0.3) is 0 Å². The Morgan fingerprint density at radius 2 is 1.92 bits per heavy atom. The molecule has 3 N–H and O–H groups in total. The first-order valence-electron chi connectivity index (χ1n) is 7.81. The zero-order valence-electron chi connectivity index (χ0n) is 14.2. The van der Waals surface area contributed by atoms with Crippen LogP contribution in [-0.2, 0) is 0 Å². The number of benzene rings is 2. The molecule has 0 aliphatic rings. The van der Waals surface area contributed by atoms with Crippen molar-refractivity contribution in [1.29, 1.82) is 0 Å². The summed E-state index contributed by atoms with van der Waals surface area (Å²) in [6.07, 6.45) is 0.845. The number of para-hydroxylation sites is 2. The second-order valence-corrected chi connectivity index (χ2v) is 5.52. The zero-order valence-corrected chi connectivity index (χ0v) is 15.7. The van der Waals surface area contributed by atoms with Gasteiger partial charge >= 0.3 is 0 Å². The van der Waals surface area contributed by atoms with Crippen molar-refractivity contribution in [2.24, 2.45) is 0 Å². The lowest BCUT2D eigenvalue weighted by Crippen LogP contribution is -2.14. The van der Waals surface area contributed by atoms with Gasteiger partial charge in [0, 0.05) is 5.56 Å². The molecule has 0 aliphatic carbocycles. The Kier molecular flexibility index (Phi) is 8.38. The third-order valence-electron chi connectivity index (χ3n) is 3.23. The molecule has 2 aromatic carbocycles. The van der Waals surface area contributed by atoms with E-state index in [0.717, 1.165) is 6.42 Å². The summed E-state index contributed by atoms with van der Waals surface area (Å²) in [5, 5.41) is 3.10. The third-order valence-corrected chi connectivity index (χ3v) is 3.51. The van der Waals surface area contributed by atoms with Crippen molar-refractivity contribution >= 4 is 41.3 Å². The summed E-state index contributed by atoms with van der Waals surface area (Å²) in [5.41, 5.74) is 7.25. The number of rotatable bonds is 7. The van der Waals surface area contributed by atoms with Crippen LogP contribution in [0.5, 0.6) is 11.5 Å². The number of carbonyl (C=O) groups excluding carboxylic acids is 1. The average Bonchev–Trinajstić information content (AvgIpc) is 2.56. The second-order valence-electron chi connectivity index (χ2n) is 5.11.